The maximum atomic E-state index is 12.5. The Balaban J connectivity index is 1.63. The third-order valence-electron chi connectivity index (χ3n) is 4.55. The summed E-state index contributed by atoms with van der Waals surface area (Å²) in [5.41, 5.74) is 2.67. The summed E-state index contributed by atoms with van der Waals surface area (Å²) in [5.74, 6) is 0.585. The lowest BCUT2D eigenvalue weighted by molar-refractivity contribution is 0.0922. The van der Waals surface area contributed by atoms with Crippen LogP contribution in [0.5, 0.6) is 0 Å². The molecule has 0 atom stereocenters. The van der Waals surface area contributed by atoms with Gasteiger partial charge in [-0.05, 0) is 38.0 Å². The van der Waals surface area contributed by atoms with E-state index in [0.717, 1.165) is 18.5 Å². The van der Waals surface area contributed by atoms with Crippen LogP contribution in [0.15, 0.2) is 34.9 Å². The van der Waals surface area contributed by atoms with E-state index >= 15 is 0 Å². The first-order valence-corrected chi connectivity index (χ1v) is 8.43. The van der Waals surface area contributed by atoms with Crippen LogP contribution >= 0.6 is 0 Å². The third-order valence-corrected chi connectivity index (χ3v) is 4.55. The SMILES string of the molecule is Cc1cc(C(=O)NC2CCCCC2)nc2cc(-c3ccco3)nn12. The van der Waals surface area contributed by atoms with Crippen molar-refractivity contribution in [2.75, 3.05) is 0 Å². The van der Waals surface area contributed by atoms with E-state index in [1.54, 1.807) is 16.8 Å². The minimum absolute atomic E-state index is 0.103. The van der Waals surface area contributed by atoms with Gasteiger partial charge in [0, 0.05) is 17.8 Å². The normalized spacial score (nSPS) is 15.7. The largest absolute Gasteiger partial charge is 0.463 e. The summed E-state index contributed by atoms with van der Waals surface area (Å²) in [6.07, 6.45) is 7.37. The molecule has 1 N–H and O–H groups in total. The summed E-state index contributed by atoms with van der Waals surface area (Å²) in [5, 5.41) is 7.61. The van der Waals surface area contributed by atoms with Gasteiger partial charge in [-0.25, -0.2) is 9.50 Å². The number of nitrogens with one attached hydrogen (secondary N) is 1. The van der Waals surface area contributed by atoms with E-state index in [-0.39, 0.29) is 11.9 Å². The maximum Gasteiger partial charge on any atom is 0.270 e. The predicted molar refractivity (Wildman–Crippen MR) is 89.8 cm³/mol. The molecule has 1 amide bonds. The Hall–Kier alpha value is -2.63. The van der Waals surface area contributed by atoms with E-state index in [1.807, 2.05) is 25.1 Å². The molecule has 3 aromatic rings. The molecule has 0 aliphatic heterocycles. The molecule has 0 radical (unpaired) electrons. The number of carbonyl (C=O) groups excluding carboxylic acids is 1. The summed E-state index contributed by atoms with van der Waals surface area (Å²) in [6.45, 7) is 1.92. The highest BCUT2D eigenvalue weighted by molar-refractivity contribution is 5.93. The smallest absolute Gasteiger partial charge is 0.270 e. The van der Waals surface area contributed by atoms with Gasteiger partial charge in [0.25, 0.3) is 5.91 Å². The molecule has 3 aromatic heterocycles. The number of fused-ring (bicyclic) bond motifs is 1. The highest BCUT2D eigenvalue weighted by Gasteiger charge is 2.19. The molecule has 1 fully saturated rings. The van der Waals surface area contributed by atoms with Gasteiger partial charge in [0.05, 0.1) is 6.26 Å². The van der Waals surface area contributed by atoms with Crippen molar-refractivity contribution in [2.24, 2.45) is 0 Å². The molecule has 124 valence electrons. The number of hydrogen-bond acceptors (Lipinski definition) is 4. The van der Waals surface area contributed by atoms with Crippen LogP contribution in [0, 0.1) is 6.92 Å². The third kappa shape index (κ3) is 2.79. The fourth-order valence-corrected chi connectivity index (χ4v) is 3.29. The average Bonchev–Trinajstić information content (AvgIpc) is 3.25. The molecule has 0 spiro atoms. The number of carbonyl (C=O) groups is 1. The second-order valence-corrected chi connectivity index (χ2v) is 6.37. The van der Waals surface area contributed by atoms with Crippen molar-refractivity contribution in [3.63, 3.8) is 0 Å². The summed E-state index contributed by atoms with van der Waals surface area (Å²) in [4.78, 5) is 17.0. The van der Waals surface area contributed by atoms with Crippen LogP contribution in [0.25, 0.3) is 17.1 Å². The Bertz CT molecular complexity index is 861. The molecule has 6 nitrogen and oxygen atoms in total. The molecular weight excluding hydrogens is 304 g/mol. The Kier molecular flexibility index (Phi) is 3.80. The standard InChI is InChI=1S/C18H20N4O2/c1-12-10-15(18(23)19-13-6-3-2-4-7-13)20-17-11-14(21-22(12)17)16-8-5-9-24-16/h5,8-11,13H,2-4,6-7H2,1H3,(H,19,23). The first-order chi connectivity index (χ1) is 11.7. The fourth-order valence-electron chi connectivity index (χ4n) is 3.29. The zero-order valence-electron chi connectivity index (χ0n) is 13.7. The van der Waals surface area contributed by atoms with E-state index in [4.69, 9.17) is 4.42 Å². The van der Waals surface area contributed by atoms with Gasteiger partial charge in [-0.1, -0.05) is 19.3 Å². The topological polar surface area (TPSA) is 72.4 Å². The predicted octanol–water partition coefficient (Wildman–Crippen LogP) is 3.36. The number of amides is 1. The monoisotopic (exact) mass is 324 g/mol. The molecule has 1 aliphatic rings. The van der Waals surface area contributed by atoms with E-state index in [1.165, 1.54) is 19.3 Å². The van der Waals surface area contributed by atoms with Crippen molar-refractivity contribution in [2.45, 2.75) is 45.1 Å². The Morgan fingerprint density at radius 1 is 1.29 bits per heavy atom. The van der Waals surface area contributed by atoms with Crippen molar-refractivity contribution in [3.05, 3.63) is 41.9 Å². The van der Waals surface area contributed by atoms with E-state index in [2.05, 4.69) is 15.4 Å². The average molecular weight is 324 g/mol. The molecule has 0 aromatic carbocycles. The number of nitrogens with zero attached hydrogens (tertiary/aromatic N) is 3. The lowest BCUT2D eigenvalue weighted by Crippen LogP contribution is -2.36. The molecule has 0 unspecified atom stereocenters. The second kappa shape index (κ2) is 6.11. The van der Waals surface area contributed by atoms with Gasteiger partial charge in [-0.15, -0.1) is 0 Å². The van der Waals surface area contributed by atoms with Crippen molar-refractivity contribution in [3.8, 4) is 11.5 Å². The first kappa shape index (κ1) is 14.9. The van der Waals surface area contributed by atoms with Crippen LogP contribution in [0.3, 0.4) is 0 Å². The Labute approximate surface area is 139 Å². The minimum atomic E-state index is -0.103. The van der Waals surface area contributed by atoms with Gasteiger partial charge >= 0.3 is 0 Å². The van der Waals surface area contributed by atoms with Gasteiger partial charge in [0.1, 0.15) is 11.4 Å². The number of aryl methyl sites for hydroxylation is 1. The Morgan fingerprint density at radius 3 is 2.88 bits per heavy atom. The number of rotatable bonds is 3. The van der Waals surface area contributed by atoms with Crippen LogP contribution in [0.1, 0.15) is 48.3 Å². The van der Waals surface area contributed by atoms with Crippen LogP contribution in [-0.4, -0.2) is 26.5 Å². The number of furan rings is 1. The van der Waals surface area contributed by atoms with Crippen LogP contribution in [-0.2, 0) is 0 Å². The highest BCUT2D eigenvalue weighted by Crippen LogP contribution is 2.21. The zero-order valence-corrected chi connectivity index (χ0v) is 13.7. The summed E-state index contributed by atoms with van der Waals surface area (Å²) < 4.78 is 7.12. The van der Waals surface area contributed by atoms with Crippen LogP contribution in [0.2, 0.25) is 0 Å². The van der Waals surface area contributed by atoms with E-state index in [0.29, 0.717) is 22.8 Å². The molecule has 3 heterocycles. The molecule has 1 saturated carbocycles. The quantitative estimate of drug-likeness (QED) is 0.802. The molecule has 6 heteroatoms. The highest BCUT2D eigenvalue weighted by atomic mass is 16.3. The summed E-state index contributed by atoms with van der Waals surface area (Å²) in [7, 11) is 0. The van der Waals surface area contributed by atoms with E-state index < -0.39 is 0 Å². The molecule has 4 rings (SSSR count). The van der Waals surface area contributed by atoms with Crippen molar-refractivity contribution >= 4 is 11.6 Å². The van der Waals surface area contributed by atoms with Gasteiger partial charge < -0.3 is 9.73 Å². The summed E-state index contributed by atoms with van der Waals surface area (Å²) in [6, 6.07) is 7.57. The Morgan fingerprint density at radius 2 is 2.12 bits per heavy atom. The van der Waals surface area contributed by atoms with Crippen LogP contribution < -0.4 is 5.32 Å². The van der Waals surface area contributed by atoms with E-state index in [9.17, 15) is 4.79 Å². The lowest BCUT2D eigenvalue weighted by atomic mass is 9.95. The van der Waals surface area contributed by atoms with Gasteiger partial charge in [-0.3, -0.25) is 4.79 Å². The number of aromatic nitrogens is 3. The van der Waals surface area contributed by atoms with Gasteiger partial charge in [-0.2, -0.15) is 5.10 Å². The molecule has 0 saturated heterocycles. The fraction of sp³-hybridized carbons (Fsp3) is 0.389. The van der Waals surface area contributed by atoms with Crippen molar-refractivity contribution in [1.82, 2.24) is 19.9 Å². The first-order valence-electron chi connectivity index (χ1n) is 8.43. The lowest BCUT2D eigenvalue weighted by Gasteiger charge is -2.22. The number of hydrogen-bond donors (Lipinski definition) is 1. The molecule has 0 bridgehead atoms. The minimum Gasteiger partial charge on any atom is -0.463 e. The van der Waals surface area contributed by atoms with Gasteiger partial charge in [0.15, 0.2) is 11.4 Å². The molecular formula is C18H20N4O2. The van der Waals surface area contributed by atoms with Crippen LogP contribution in [0.4, 0.5) is 0 Å². The second-order valence-electron chi connectivity index (χ2n) is 6.37. The van der Waals surface area contributed by atoms with Crippen molar-refractivity contribution in [1.29, 1.82) is 0 Å². The molecule has 24 heavy (non-hydrogen) atoms. The zero-order chi connectivity index (χ0) is 16.5. The summed E-state index contributed by atoms with van der Waals surface area (Å²) >= 11 is 0. The molecule has 1 aliphatic carbocycles. The van der Waals surface area contributed by atoms with Gasteiger partial charge in [0.2, 0.25) is 0 Å². The van der Waals surface area contributed by atoms with Crippen molar-refractivity contribution < 1.29 is 9.21 Å². The maximum absolute atomic E-state index is 12.5.